The van der Waals surface area contributed by atoms with E-state index >= 15 is 0 Å². The molecule has 22 heavy (non-hydrogen) atoms. The first-order valence-electron chi connectivity index (χ1n) is 6.67. The highest BCUT2D eigenvalue weighted by Gasteiger charge is 2.14. The molecule has 0 aliphatic heterocycles. The van der Waals surface area contributed by atoms with Crippen molar-refractivity contribution in [1.29, 1.82) is 0 Å². The minimum Gasteiger partial charge on any atom is -0.280 e. The molecule has 0 unspecified atom stereocenters. The van der Waals surface area contributed by atoms with Crippen LogP contribution in [0.3, 0.4) is 0 Å². The molecule has 0 amide bonds. The molecule has 0 saturated carbocycles. The van der Waals surface area contributed by atoms with Crippen LogP contribution in [0.25, 0.3) is 10.8 Å². The molecule has 0 aromatic heterocycles. The van der Waals surface area contributed by atoms with E-state index in [1.165, 1.54) is 0 Å². The fourth-order valence-electron chi connectivity index (χ4n) is 2.22. The Morgan fingerprint density at radius 1 is 0.864 bits per heavy atom. The quantitative estimate of drug-likeness (QED) is 0.751. The lowest BCUT2D eigenvalue weighted by molar-refractivity contribution is 0.601. The van der Waals surface area contributed by atoms with Crippen LogP contribution in [-0.2, 0) is 10.0 Å². The van der Waals surface area contributed by atoms with Crippen LogP contribution in [0.15, 0.2) is 71.6 Å². The van der Waals surface area contributed by atoms with Crippen molar-refractivity contribution in [3.8, 4) is 12.3 Å². The summed E-state index contributed by atoms with van der Waals surface area (Å²) in [6.45, 7) is 0. The van der Waals surface area contributed by atoms with Gasteiger partial charge in [-0.2, -0.15) is 0 Å². The van der Waals surface area contributed by atoms with Gasteiger partial charge in [-0.05, 0) is 41.1 Å². The Bertz CT molecular complexity index is 985. The average molecular weight is 307 g/mol. The largest absolute Gasteiger partial charge is 0.280 e. The Labute approximate surface area is 129 Å². The van der Waals surface area contributed by atoms with E-state index in [1.807, 2.05) is 24.3 Å². The van der Waals surface area contributed by atoms with E-state index in [4.69, 9.17) is 6.42 Å². The molecule has 0 spiro atoms. The lowest BCUT2D eigenvalue weighted by Crippen LogP contribution is -2.12. The Morgan fingerprint density at radius 3 is 2.41 bits per heavy atom. The summed E-state index contributed by atoms with van der Waals surface area (Å²) in [7, 11) is -3.65. The third kappa shape index (κ3) is 2.80. The number of terminal acetylenes is 1. The number of hydrogen-bond acceptors (Lipinski definition) is 2. The van der Waals surface area contributed by atoms with Gasteiger partial charge in [0.05, 0.1) is 10.6 Å². The Balaban J connectivity index is 1.99. The minimum atomic E-state index is -3.65. The number of hydrogen-bond donors (Lipinski definition) is 1. The number of rotatable bonds is 3. The van der Waals surface area contributed by atoms with E-state index in [-0.39, 0.29) is 4.90 Å². The van der Waals surface area contributed by atoms with Gasteiger partial charge < -0.3 is 0 Å². The van der Waals surface area contributed by atoms with Crippen LogP contribution in [0.4, 0.5) is 5.69 Å². The zero-order chi connectivity index (χ0) is 15.6. The topological polar surface area (TPSA) is 46.2 Å². The van der Waals surface area contributed by atoms with Crippen molar-refractivity contribution in [2.24, 2.45) is 0 Å². The number of fused-ring (bicyclic) bond motifs is 1. The van der Waals surface area contributed by atoms with Gasteiger partial charge in [0, 0.05) is 5.56 Å². The van der Waals surface area contributed by atoms with Gasteiger partial charge in [-0.15, -0.1) is 6.42 Å². The van der Waals surface area contributed by atoms with Gasteiger partial charge in [0.15, 0.2) is 0 Å². The smallest absolute Gasteiger partial charge is 0.261 e. The third-order valence-corrected chi connectivity index (χ3v) is 4.69. The Hall–Kier alpha value is -2.77. The highest BCUT2D eigenvalue weighted by Crippen LogP contribution is 2.21. The summed E-state index contributed by atoms with van der Waals surface area (Å²) in [4.78, 5) is 0.220. The number of benzene rings is 3. The summed E-state index contributed by atoms with van der Waals surface area (Å²) in [5.74, 6) is 2.48. The van der Waals surface area contributed by atoms with E-state index in [0.29, 0.717) is 11.3 Å². The molecule has 0 heterocycles. The molecule has 0 aliphatic carbocycles. The van der Waals surface area contributed by atoms with Crippen molar-refractivity contribution < 1.29 is 8.42 Å². The van der Waals surface area contributed by atoms with Crippen LogP contribution >= 0.6 is 0 Å². The van der Waals surface area contributed by atoms with Crippen LogP contribution in [0.2, 0.25) is 0 Å². The number of nitrogens with one attached hydrogen (secondary N) is 1. The molecular formula is C18H13NO2S. The first-order valence-corrected chi connectivity index (χ1v) is 8.15. The van der Waals surface area contributed by atoms with E-state index < -0.39 is 10.0 Å². The van der Waals surface area contributed by atoms with Crippen molar-refractivity contribution >= 4 is 26.5 Å². The van der Waals surface area contributed by atoms with Crippen molar-refractivity contribution in [2.75, 3.05) is 4.72 Å². The summed E-state index contributed by atoms with van der Waals surface area (Å²) >= 11 is 0. The minimum absolute atomic E-state index is 0.220. The summed E-state index contributed by atoms with van der Waals surface area (Å²) in [5, 5.41) is 1.87. The molecule has 3 rings (SSSR count). The van der Waals surface area contributed by atoms with Gasteiger partial charge in [0.2, 0.25) is 0 Å². The van der Waals surface area contributed by atoms with E-state index in [2.05, 4.69) is 10.6 Å². The molecule has 3 aromatic rings. The summed E-state index contributed by atoms with van der Waals surface area (Å²) < 4.78 is 27.5. The van der Waals surface area contributed by atoms with Crippen LogP contribution in [0.1, 0.15) is 5.56 Å². The average Bonchev–Trinajstić information content (AvgIpc) is 2.54. The lowest BCUT2D eigenvalue weighted by atomic mass is 10.1. The molecule has 0 bridgehead atoms. The fraction of sp³-hybridized carbons (Fsp3) is 0. The molecular weight excluding hydrogens is 294 g/mol. The lowest BCUT2D eigenvalue weighted by Gasteiger charge is -2.09. The molecule has 0 saturated heterocycles. The maximum absolute atomic E-state index is 12.5. The third-order valence-electron chi connectivity index (χ3n) is 3.31. The van der Waals surface area contributed by atoms with Gasteiger partial charge in [-0.1, -0.05) is 42.3 Å². The number of sulfonamides is 1. The SMILES string of the molecule is C#Cc1cccc(NS(=O)(=O)c2ccc3ccccc3c2)c1. The van der Waals surface area contributed by atoms with E-state index in [1.54, 1.807) is 42.5 Å². The molecule has 0 radical (unpaired) electrons. The second-order valence-corrected chi connectivity index (χ2v) is 6.52. The van der Waals surface area contributed by atoms with Crippen LogP contribution < -0.4 is 4.72 Å². The molecule has 4 heteroatoms. The number of anilines is 1. The molecule has 0 fully saturated rings. The maximum atomic E-state index is 12.5. The summed E-state index contributed by atoms with van der Waals surface area (Å²) in [5.41, 5.74) is 1.07. The highest BCUT2D eigenvalue weighted by atomic mass is 32.2. The molecule has 0 atom stereocenters. The van der Waals surface area contributed by atoms with Crippen LogP contribution in [0, 0.1) is 12.3 Å². The van der Waals surface area contributed by atoms with Crippen molar-refractivity contribution in [1.82, 2.24) is 0 Å². The second-order valence-electron chi connectivity index (χ2n) is 4.84. The maximum Gasteiger partial charge on any atom is 0.261 e. The predicted molar refractivity (Wildman–Crippen MR) is 89.1 cm³/mol. The van der Waals surface area contributed by atoms with Crippen LogP contribution in [0.5, 0.6) is 0 Å². The Kier molecular flexibility index (Phi) is 3.58. The molecule has 3 aromatic carbocycles. The van der Waals surface area contributed by atoms with Crippen LogP contribution in [-0.4, -0.2) is 8.42 Å². The first-order chi connectivity index (χ1) is 10.6. The Morgan fingerprint density at radius 2 is 1.64 bits per heavy atom. The molecule has 3 nitrogen and oxygen atoms in total. The zero-order valence-corrected chi connectivity index (χ0v) is 12.5. The van der Waals surface area contributed by atoms with Crippen molar-refractivity contribution in [3.05, 3.63) is 72.3 Å². The highest BCUT2D eigenvalue weighted by molar-refractivity contribution is 7.92. The van der Waals surface area contributed by atoms with E-state index in [0.717, 1.165) is 10.8 Å². The molecule has 0 aliphatic rings. The molecule has 108 valence electrons. The van der Waals surface area contributed by atoms with Gasteiger partial charge in [-0.3, -0.25) is 4.72 Å². The van der Waals surface area contributed by atoms with Gasteiger partial charge >= 0.3 is 0 Å². The zero-order valence-electron chi connectivity index (χ0n) is 11.7. The monoisotopic (exact) mass is 307 g/mol. The summed E-state index contributed by atoms with van der Waals surface area (Å²) in [6.07, 6.45) is 5.33. The van der Waals surface area contributed by atoms with Gasteiger partial charge in [-0.25, -0.2) is 8.42 Å². The second kappa shape index (κ2) is 5.55. The normalized spacial score (nSPS) is 11.0. The standard InChI is InChI=1S/C18H13NO2S/c1-2-14-6-5-9-17(12-14)19-22(20,21)18-11-10-15-7-3-4-8-16(15)13-18/h1,3-13,19H. The van der Waals surface area contributed by atoms with Crippen molar-refractivity contribution in [2.45, 2.75) is 4.90 Å². The first kappa shape index (κ1) is 14.2. The molecule has 1 N–H and O–H groups in total. The fourth-order valence-corrected chi connectivity index (χ4v) is 3.31. The predicted octanol–water partition coefficient (Wildman–Crippen LogP) is 3.62. The van der Waals surface area contributed by atoms with E-state index in [9.17, 15) is 8.42 Å². The van der Waals surface area contributed by atoms with Gasteiger partial charge in [0.25, 0.3) is 10.0 Å². The summed E-state index contributed by atoms with van der Waals surface area (Å²) in [6, 6.07) is 19.4. The van der Waals surface area contributed by atoms with Crippen molar-refractivity contribution in [3.63, 3.8) is 0 Å². The van der Waals surface area contributed by atoms with Gasteiger partial charge in [0.1, 0.15) is 0 Å².